The van der Waals surface area contributed by atoms with Gasteiger partial charge in [-0.3, -0.25) is 0 Å². The van der Waals surface area contributed by atoms with E-state index in [1.54, 1.807) is 0 Å². The van der Waals surface area contributed by atoms with Crippen molar-refractivity contribution in [2.45, 2.75) is 25.2 Å². The van der Waals surface area contributed by atoms with Gasteiger partial charge in [-0.2, -0.15) is 10.5 Å². The molecule has 0 aromatic heterocycles. The standard InChI is InChI=1S/C16H14N2/c17-9-14(10-18)16-13-7-6-12(8-13)15(16)11-4-2-1-3-5-11/h1-5,12-13,15H,6-8H2. The monoisotopic (exact) mass is 234 g/mol. The Morgan fingerprint density at radius 1 is 1.06 bits per heavy atom. The van der Waals surface area contributed by atoms with Gasteiger partial charge in [0.2, 0.25) is 0 Å². The maximum absolute atomic E-state index is 9.15. The molecule has 0 saturated heterocycles. The van der Waals surface area contributed by atoms with Crippen molar-refractivity contribution < 1.29 is 0 Å². The van der Waals surface area contributed by atoms with Crippen molar-refractivity contribution in [3.8, 4) is 12.1 Å². The number of rotatable bonds is 1. The second-order valence-corrected chi connectivity index (χ2v) is 5.21. The number of nitriles is 2. The lowest BCUT2D eigenvalue weighted by Gasteiger charge is -2.25. The van der Waals surface area contributed by atoms with Crippen molar-refractivity contribution in [3.63, 3.8) is 0 Å². The highest BCUT2D eigenvalue weighted by Gasteiger charge is 2.45. The lowest BCUT2D eigenvalue weighted by atomic mass is 9.78. The molecule has 2 aliphatic rings. The largest absolute Gasteiger partial charge is 0.192 e. The Balaban J connectivity index is 2.11. The minimum absolute atomic E-state index is 0.305. The minimum atomic E-state index is 0.305. The zero-order valence-corrected chi connectivity index (χ0v) is 10.1. The Kier molecular flexibility index (Phi) is 2.65. The summed E-state index contributed by atoms with van der Waals surface area (Å²) in [5.41, 5.74) is 2.74. The van der Waals surface area contributed by atoms with Crippen molar-refractivity contribution in [2.75, 3.05) is 0 Å². The molecule has 3 atom stereocenters. The molecule has 0 aliphatic heterocycles. The second-order valence-electron chi connectivity index (χ2n) is 5.21. The molecule has 2 fully saturated rings. The minimum Gasteiger partial charge on any atom is -0.192 e. The molecule has 2 bridgehead atoms. The van der Waals surface area contributed by atoms with E-state index in [1.807, 2.05) is 18.2 Å². The van der Waals surface area contributed by atoms with Crippen LogP contribution >= 0.6 is 0 Å². The molecule has 0 heterocycles. The van der Waals surface area contributed by atoms with Crippen LogP contribution in [0.25, 0.3) is 0 Å². The van der Waals surface area contributed by atoms with Crippen LogP contribution < -0.4 is 0 Å². The first-order chi connectivity index (χ1) is 8.85. The fourth-order valence-corrected chi connectivity index (χ4v) is 3.74. The smallest absolute Gasteiger partial charge is 0.129 e. The van der Waals surface area contributed by atoms with Crippen LogP contribution in [-0.4, -0.2) is 0 Å². The Bertz CT molecular complexity index is 555. The van der Waals surface area contributed by atoms with Crippen molar-refractivity contribution in [2.24, 2.45) is 11.8 Å². The van der Waals surface area contributed by atoms with Gasteiger partial charge in [-0.25, -0.2) is 0 Å². The van der Waals surface area contributed by atoms with E-state index in [9.17, 15) is 0 Å². The van der Waals surface area contributed by atoms with Crippen molar-refractivity contribution in [1.29, 1.82) is 10.5 Å². The summed E-state index contributed by atoms with van der Waals surface area (Å²) in [6.45, 7) is 0. The van der Waals surface area contributed by atoms with E-state index in [0.29, 0.717) is 23.3 Å². The average molecular weight is 234 g/mol. The summed E-state index contributed by atoms with van der Waals surface area (Å²) >= 11 is 0. The van der Waals surface area contributed by atoms with Crippen LogP contribution in [0.15, 0.2) is 41.5 Å². The third-order valence-corrected chi connectivity index (χ3v) is 4.39. The first-order valence-corrected chi connectivity index (χ1v) is 6.44. The van der Waals surface area contributed by atoms with Crippen LogP contribution in [0.4, 0.5) is 0 Å². The Hall–Kier alpha value is -2.06. The maximum atomic E-state index is 9.15. The molecule has 2 aliphatic carbocycles. The molecule has 3 unspecified atom stereocenters. The molecule has 1 aromatic carbocycles. The summed E-state index contributed by atoms with van der Waals surface area (Å²) in [4.78, 5) is 0. The molecule has 0 N–H and O–H groups in total. The van der Waals surface area contributed by atoms with Gasteiger partial charge in [-0.05, 0) is 42.2 Å². The molecular formula is C16H14N2. The third kappa shape index (κ3) is 1.54. The van der Waals surface area contributed by atoms with E-state index in [2.05, 4.69) is 24.3 Å². The van der Waals surface area contributed by atoms with E-state index in [4.69, 9.17) is 10.5 Å². The zero-order chi connectivity index (χ0) is 12.5. The topological polar surface area (TPSA) is 47.6 Å². The van der Waals surface area contributed by atoms with E-state index in [1.165, 1.54) is 12.0 Å². The summed E-state index contributed by atoms with van der Waals surface area (Å²) in [7, 11) is 0. The maximum Gasteiger partial charge on any atom is 0.129 e. The number of nitrogens with zero attached hydrogens (tertiary/aromatic N) is 2. The van der Waals surface area contributed by atoms with Crippen molar-refractivity contribution in [1.82, 2.24) is 0 Å². The van der Waals surface area contributed by atoms with Gasteiger partial charge in [-0.1, -0.05) is 30.3 Å². The van der Waals surface area contributed by atoms with Gasteiger partial charge in [0.1, 0.15) is 17.7 Å². The molecule has 0 radical (unpaired) electrons. The third-order valence-electron chi connectivity index (χ3n) is 4.39. The summed E-state index contributed by atoms with van der Waals surface area (Å²) < 4.78 is 0. The number of allylic oxidation sites excluding steroid dienone is 2. The highest BCUT2D eigenvalue weighted by molar-refractivity contribution is 5.49. The first-order valence-electron chi connectivity index (χ1n) is 6.44. The molecule has 2 heteroatoms. The number of hydrogen-bond acceptors (Lipinski definition) is 2. The molecule has 18 heavy (non-hydrogen) atoms. The van der Waals surface area contributed by atoms with E-state index >= 15 is 0 Å². The fraction of sp³-hybridized carbons (Fsp3) is 0.375. The number of hydrogen-bond donors (Lipinski definition) is 0. The lowest BCUT2D eigenvalue weighted by molar-refractivity contribution is 0.495. The number of benzene rings is 1. The van der Waals surface area contributed by atoms with Crippen LogP contribution in [0.3, 0.4) is 0 Å². The van der Waals surface area contributed by atoms with Gasteiger partial charge < -0.3 is 0 Å². The van der Waals surface area contributed by atoms with E-state index in [-0.39, 0.29) is 0 Å². The molecule has 0 spiro atoms. The van der Waals surface area contributed by atoms with Gasteiger partial charge in [-0.15, -0.1) is 0 Å². The predicted molar refractivity (Wildman–Crippen MR) is 68.3 cm³/mol. The normalized spacial score (nSPS) is 28.8. The summed E-state index contributed by atoms with van der Waals surface area (Å²) in [6.07, 6.45) is 3.54. The highest BCUT2D eigenvalue weighted by Crippen LogP contribution is 2.57. The summed E-state index contributed by atoms with van der Waals surface area (Å²) in [5.74, 6) is 1.40. The van der Waals surface area contributed by atoms with Crippen LogP contribution in [0, 0.1) is 34.5 Å². The number of fused-ring (bicyclic) bond motifs is 2. The summed E-state index contributed by atoms with van der Waals surface area (Å²) in [5, 5.41) is 18.3. The fourth-order valence-electron chi connectivity index (χ4n) is 3.74. The zero-order valence-electron chi connectivity index (χ0n) is 10.1. The van der Waals surface area contributed by atoms with E-state index in [0.717, 1.165) is 18.4 Å². The van der Waals surface area contributed by atoms with Crippen LogP contribution in [0.5, 0.6) is 0 Å². The van der Waals surface area contributed by atoms with Crippen LogP contribution in [0.1, 0.15) is 30.7 Å². The van der Waals surface area contributed by atoms with Gasteiger partial charge in [0.15, 0.2) is 0 Å². The van der Waals surface area contributed by atoms with Crippen LogP contribution in [0.2, 0.25) is 0 Å². The predicted octanol–water partition coefficient (Wildman–Crippen LogP) is 3.54. The molecule has 1 aromatic rings. The molecular weight excluding hydrogens is 220 g/mol. The molecule has 88 valence electrons. The van der Waals surface area contributed by atoms with E-state index < -0.39 is 0 Å². The quantitative estimate of drug-likeness (QED) is 0.698. The van der Waals surface area contributed by atoms with Crippen LogP contribution in [-0.2, 0) is 0 Å². The van der Waals surface area contributed by atoms with Gasteiger partial charge in [0, 0.05) is 5.92 Å². The van der Waals surface area contributed by atoms with Gasteiger partial charge in [0.05, 0.1) is 0 Å². The molecule has 2 saturated carbocycles. The molecule has 0 amide bonds. The first kappa shape index (κ1) is 11.1. The highest BCUT2D eigenvalue weighted by atomic mass is 14.5. The molecule has 2 nitrogen and oxygen atoms in total. The van der Waals surface area contributed by atoms with Gasteiger partial charge >= 0.3 is 0 Å². The van der Waals surface area contributed by atoms with Crippen molar-refractivity contribution in [3.05, 3.63) is 47.0 Å². The average Bonchev–Trinajstić information content (AvgIpc) is 3.02. The second kappa shape index (κ2) is 4.31. The Morgan fingerprint density at radius 3 is 2.44 bits per heavy atom. The Morgan fingerprint density at radius 2 is 1.78 bits per heavy atom. The SMILES string of the molecule is N#CC(C#N)=C1C2CCC(C2)C1c1ccccc1. The van der Waals surface area contributed by atoms with Gasteiger partial charge in [0.25, 0.3) is 0 Å². The summed E-state index contributed by atoms with van der Waals surface area (Å²) in [6, 6.07) is 14.5. The van der Waals surface area contributed by atoms with Crippen molar-refractivity contribution >= 4 is 0 Å². The lowest BCUT2D eigenvalue weighted by Crippen LogP contribution is -2.13. The molecule has 3 rings (SSSR count). The Labute approximate surface area is 107 Å².